The van der Waals surface area contributed by atoms with Crippen LogP contribution in [0, 0.1) is 0 Å². The minimum Gasteiger partial charge on any atom is -0.325 e. The zero-order chi connectivity index (χ0) is 21.7. The molecule has 0 spiro atoms. The Morgan fingerprint density at radius 2 is 1.73 bits per heavy atom. The summed E-state index contributed by atoms with van der Waals surface area (Å²) >= 11 is 6.02. The highest BCUT2D eigenvalue weighted by Gasteiger charge is 2.37. The van der Waals surface area contributed by atoms with E-state index in [1.165, 1.54) is 36.5 Å². The van der Waals surface area contributed by atoms with Crippen molar-refractivity contribution in [2.75, 3.05) is 5.32 Å². The molecule has 3 aromatic rings. The van der Waals surface area contributed by atoms with Crippen molar-refractivity contribution in [3.63, 3.8) is 0 Å². The van der Waals surface area contributed by atoms with Crippen molar-refractivity contribution in [1.82, 2.24) is 10.3 Å². The van der Waals surface area contributed by atoms with Gasteiger partial charge in [-0.15, -0.1) is 0 Å². The summed E-state index contributed by atoms with van der Waals surface area (Å²) in [6.07, 6.45) is -3.47. The number of carbonyl (C=O) groups excluding carboxylic acids is 1. The molecule has 4 nitrogen and oxygen atoms in total. The molecule has 0 aliphatic carbocycles. The molecule has 156 valence electrons. The number of benzene rings is 2. The van der Waals surface area contributed by atoms with Gasteiger partial charge in [-0.2, -0.15) is 13.2 Å². The number of urea groups is 1. The van der Waals surface area contributed by atoms with E-state index in [9.17, 15) is 22.4 Å². The third-order valence-electron chi connectivity index (χ3n) is 4.28. The van der Waals surface area contributed by atoms with Crippen molar-refractivity contribution in [3.8, 4) is 0 Å². The molecular formula is C21H16ClF4N3O. The number of rotatable bonds is 5. The third-order valence-corrected chi connectivity index (χ3v) is 4.61. The quantitative estimate of drug-likeness (QED) is 0.471. The van der Waals surface area contributed by atoms with Gasteiger partial charge in [-0.05, 0) is 35.4 Å². The molecule has 0 aliphatic heterocycles. The van der Waals surface area contributed by atoms with Crippen LogP contribution in [0.1, 0.15) is 28.4 Å². The van der Waals surface area contributed by atoms with Crippen LogP contribution < -0.4 is 10.6 Å². The number of nitrogens with zero attached hydrogens (tertiary/aromatic N) is 1. The molecule has 2 aromatic carbocycles. The summed E-state index contributed by atoms with van der Waals surface area (Å²) < 4.78 is 53.5. The van der Waals surface area contributed by atoms with Crippen LogP contribution in [0.4, 0.5) is 28.0 Å². The van der Waals surface area contributed by atoms with Gasteiger partial charge in [-0.25, -0.2) is 9.18 Å². The van der Waals surface area contributed by atoms with Gasteiger partial charge in [0.15, 0.2) is 0 Å². The number of anilines is 1. The molecule has 1 atom stereocenters. The molecule has 1 aromatic heterocycles. The predicted molar refractivity (Wildman–Crippen MR) is 106 cm³/mol. The van der Waals surface area contributed by atoms with E-state index < -0.39 is 30.5 Å². The molecule has 2 amide bonds. The van der Waals surface area contributed by atoms with Gasteiger partial charge in [0, 0.05) is 6.20 Å². The number of aromatic nitrogens is 1. The maximum atomic E-state index is 13.5. The molecule has 1 heterocycles. The van der Waals surface area contributed by atoms with Gasteiger partial charge in [0.25, 0.3) is 0 Å². The highest BCUT2D eigenvalue weighted by atomic mass is 35.5. The normalized spacial score (nSPS) is 12.3. The third kappa shape index (κ3) is 5.07. The summed E-state index contributed by atoms with van der Waals surface area (Å²) in [7, 11) is 0. The molecule has 0 fully saturated rings. The highest BCUT2D eigenvalue weighted by Crippen LogP contribution is 2.35. The first-order valence-corrected chi connectivity index (χ1v) is 9.16. The standard InChI is InChI=1S/C21H16ClF4N3O/c22-16-5-1-2-6-17(16)28-20(30)29-18(14-9-7-13(12-23)8-10-14)19-15(21(24,25)26)4-3-11-27-19/h1-11,18H,12H2,(H2,28,29,30)/t18-/m0/s1. The predicted octanol–water partition coefficient (Wildman–Crippen LogP) is 6.13. The molecule has 0 aliphatic rings. The van der Waals surface area contributed by atoms with E-state index in [0.717, 1.165) is 6.07 Å². The lowest BCUT2D eigenvalue weighted by Gasteiger charge is -2.23. The molecule has 0 bridgehead atoms. The van der Waals surface area contributed by atoms with E-state index in [1.807, 2.05) is 0 Å². The topological polar surface area (TPSA) is 54.0 Å². The van der Waals surface area contributed by atoms with Crippen molar-refractivity contribution >= 4 is 23.3 Å². The average molecular weight is 438 g/mol. The van der Waals surface area contributed by atoms with E-state index in [-0.39, 0.29) is 10.7 Å². The Kier molecular flexibility index (Phi) is 6.56. The fraction of sp³-hybridized carbons (Fsp3) is 0.143. The Morgan fingerprint density at radius 3 is 2.37 bits per heavy atom. The first kappa shape index (κ1) is 21.6. The molecule has 0 saturated carbocycles. The number of hydrogen-bond acceptors (Lipinski definition) is 2. The van der Waals surface area contributed by atoms with E-state index in [2.05, 4.69) is 15.6 Å². The van der Waals surface area contributed by atoms with Gasteiger partial charge in [0.2, 0.25) is 0 Å². The zero-order valence-electron chi connectivity index (χ0n) is 15.4. The second kappa shape index (κ2) is 9.13. The van der Waals surface area contributed by atoms with E-state index in [1.54, 1.807) is 24.3 Å². The number of para-hydroxylation sites is 1. The largest absolute Gasteiger partial charge is 0.418 e. The Balaban J connectivity index is 1.98. The first-order valence-electron chi connectivity index (χ1n) is 8.78. The lowest BCUT2D eigenvalue weighted by molar-refractivity contribution is -0.138. The van der Waals surface area contributed by atoms with Crippen LogP contribution in [-0.2, 0) is 12.9 Å². The fourth-order valence-electron chi connectivity index (χ4n) is 2.85. The number of alkyl halides is 4. The number of amides is 2. The molecule has 2 N–H and O–H groups in total. The Hall–Kier alpha value is -3.13. The molecule has 0 unspecified atom stereocenters. The second-order valence-electron chi connectivity index (χ2n) is 6.32. The van der Waals surface area contributed by atoms with Crippen molar-refractivity contribution in [3.05, 3.63) is 94.3 Å². The lowest BCUT2D eigenvalue weighted by atomic mass is 9.98. The summed E-state index contributed by atoms with van der Waals surface area (Å²) in [5.41, 5.74) is -0.407. The fourth-order valence-corrected chi connectivity index (χ4v) is 3.03. The van der Waals surface area contributed by atoms with Gasteiger partial charge < -0.3 is 10.6 Å². The Morgan fingerprint density at radius 1 is 1.03 bits per heavy atom. The van der Waals surface area contributed by atoms with E-state index >= 15 is 0 Å². The number of nitrogens with one attached hydrogen (secondary N) is 2. The summed E-state index contributed by atoms with van der Waals surface area (Å²) in [4.78, 5) is 16.4. The minimum absolute atomic E-state index is 0.269. The van der Waals surface area contributed by atoms with E-state index in [0.29, 0.717) is 16.8 Å². The maximum absolute atomic E-state index is 13.5. The van der Waals surface area contributed by atoms with Crippen LogP contribution in [-0.4, -0.2) is 11.0 Å². The van der Waals surface area contributed by atoms with Gasteiger partial charge in [-0.1, -0.05) is 48.0 Å². The summed E-state index contributed by atoms with van der Waals surface area (Å²) in [5, 5.41) is 5.29. The van der Waals surface area contributed by atoms with Crippen molar-refractivity contribution < 1.29 is 22.4 Å². The average Bonchev–Trinajstić information content (AvgIpc) is 2.73. The second-order valence-corrected chi connectivity index (χ2v) is 6.73. The van der Waals surface area contributed by atoms with Gasteiger partial charge in [0.1, 0.15) is 6.67 Å². The SMILES string of the molecule is O=C(Nc1ccccc1Cl)N[C@@H](c1ccc(CF)cc1)c1ncccc1C(F)(F)F. The monoisotopic (exact) mass is 437 g/mol. The molecule has 0 saturated heterocycles. The number of halogens is 5. The van der Waals surface area contributed by atoms with Crippen molar-refractivity contribution in [1.29, 1.82) is 0 Å². The Labute approximate surface area is 174 Å². The smallest absolute Gasteiger partial charge is 0.325 e. The van der Waals surface area contributed by atoms with Crippen molar-refractivity contribution in [2.24, 2.45) is 0 Å². The van der Waals surface area contributed by atoms with Crippen LogP contribution in [0.2, 0.25) is 5.02 Å². The van der Waals surface area contributed by atoms with Gasteiger partial charge in [-0.3, -0.25) is 4.98 Å². The number of hydrogen-bond donors (Lipinski definition) is 2. The zero-order valence-corrected chi connectivity index (χ0v) is 16.1. The maximum Gasteiger partial charge on any atom is 0.418 e. The lowest BCUT2D eigenvalue weighted by Crippen LogP contribution is -2.35. The Bertz CT molecular complexity index is 1030. The van der Waals surface area contributed by atoms with E-state index in [4.69, 9.17) is 11.6 Å². The van der Waals surface area contributed by atoms with Crippen LogP contribution in [0.3, 0.4) is 0 Å². The summed E-state index contributed by atoms with van der Waals surface area (Å²) in [6.45, 7) is -0.719. The first-order chi connectivity index (χ1) is 14.3. The minimum atomic E-state index is -4.68. The molecule has 9 heteroatoms. The summed E-state index contributed by atoms with van der Waals surface area (Å²) in [5.74, 6) is 0. The number of carbonyl (C=O) groups is 1. The molecular weight excluding hydrogens is 422 g/mol. The highest BCUT2D eigenvalue weighted by molar-refractivity contribution is 6.33. The van der Waals surface area contributed by atoms with Gasteiger partial charge in [0.05, 0.1) is 28.0 Å². The van der Waals surface area contributed by atoms with Gasteiger partial charge >= 0.3 is 12.2 Å². The van der Waals surface area contributed by atoms with Crippen LogP contribution in [0.15, 0.2) is 66.9 Å². The van der Waals surface area contributed by atoms with Crippen LogP contribution >= 0.6 is 11.6 Å². The van der Waals surface area contributed by atoms with Crippen LogP contribution in [0.25, 0.3) is 0 Å². The van der Waals surface area contributed by atoms with Crippen LogP contribution in [0.5, 0.6) is 0 Å². The molecule has 0 radical (unpaired) electrons. The molecule has 30 heavy (non-hydrogen) atoms. The van der Waals surface area contributed by atoms with Crippen molar-refractivity contribution in [2.45, 2.75) is 18.9 Å². The molecule has 3 rings (SSSR count). The summed E-state index contributed by atoms with van der Waals surface area (Å²) in [6, 6.07) is 12.2. The number of pyridine rings is 1.